The van der Waals surface area contributed by atoms with Gasteiger partial charge in [-0.25, -0.2) is 0 Å². The van der Waals surface area contributed by atoms with Gasteiger partial charge in [-0.1, -0.05) is 36.4 Å². The van der Waals surface area contributed by atoms with Gasteiger partial charge in [0.15, 0.2) is 0 Å². The number of anilines is 1. The Morgan fingerprint density at radius 1 is 1.21 bits per heavy atom. The lowest BCUT2D eigenvalue weighted by atomic mass is 10.1. The van der Waals surface area contributed by atoms with E-state index in [1.165, 1.54) is 12.0 Å². The molecule has 1 heterocycles. The average Bonchev–Trinajstić information content (AvgIpc) is 2.67. The molecule has 0 spiro atoms. The van der Waals surface area contributed by atoms with Crippen LogP contribution in [0.3, 0.4) is 0 Å². The van der Waals surface area contributed by atoms with Crippen molar-refractivity contribution < 1.29 is 19.1 Å². The van der Waals surface area contributed by atoms with Crippen molar-refractivity contribution in [3.63, 3.8) is 0 Å². The lowest BCUT2D eigenvalue weighted by Gasteiger charge is -2.32. The summed E-state index contributed by atoms with van der Waals surface area (Å²) in [7, 11) is 1.52. The van der Waals surface area contributed by atoms with Crippen LogP contribution in [-0.4, -0.2) is 42.3 Å². The van der Waals surface area contributed by atoms with Gasteiger partial charge in [-0.2, -0.15) is 0 Å². The first-order valence-electron chi connectivity index (χ1n) is 9.03. The van der Waals surface area contributed by atoms with E-state index in [1.807, 2.05) is 49.4 Å². The van der Waals surface area contributed by atoms with Crippen LogP contribution in [0.4, 0.5) is 5.69 Å². The molecule has 0 unspecified atom stereocenters. The average molecular weight is 381 g/mol. The molecule has 1 atom stereocenters. The molecule has 1 aliphatic rings. The molecule has 0 bridgehead atoms. The van der Waals surface area contributed by atoms with Gasteiger partial charge in [-0.05, 0) is 30.2 Å². The highest BCUT2D eigenvalue weighted by Gasteiger charge is 2.34. The normalized spacial score (nSPS) is 16.5. The minimum absolute atomic E-state index is 0.0162. The first-order valence-corrected chi connectivity index (χ1v) is 9.03. The number of ether oxygens (including phenoxy) is 1. The Balaban J connectivity index is 1.66. The summed E-state index contributed by atoms with van der Waals surface area (Å²) < 4.78 is 5.28. The van der Waals surface area contributed by atoms with Gasteiger partial charge in [-0.15, -0.1) is 0 Å². The number of hydrogen-bond acceptors (Lipinski definition) is 4. The fourth-order valence-electron chi connectivity index (χ4n) is 3.14. The summed E-state index contributed by atoms with van der Waals surface area (Å²) in [4.78, 5) is 38.7. The second kappa shape index (κ2) is 8.56. The molecule has 28 heavy (non-hydrogen) atoms. The minimum Gasteiger partial charge on any atom is -0.495 e. The van der Waals surface area contributed by atoms with Crippen LogP contribution in [0.2, 0.25) is 0 Å². The van der Waals surface area contributed by atoms with Crippen molar-refractivity contribution in [1.29, 1.82) is 0 Å². The predicted octanol–water partition coefficient (Wildman–Crippen LogP) is 1.86. The number of carbonyl (C=O) groups is 3. The second-order valence-corrected chi connectivity index (χ2v) is 6.76. The molecule has 146 valence electrons. The Bertz CT molecular complexity index is 882. The molecule has 2 aromatic rings. The zero-order chi connectivity index (χ0) is 20.1. The molecule has 2 aromatic carbocycles. The third-order valence-corrected chi connectivity index (χ3v) is 4.52. The number of aryl methyl sites for hydroxylation is 1. The Labute approximate surface area is 163 Å². The lowest BCUT2D eigenvalue weighted by Crippen LogP contribution is -2.58. The van der Waals surface area contributed by atoms with E-state index < -0.39 is 6.04 Å². The van der Waals surface area contributed by atoms with E-state index in [4.69, 9.17) is 4.74 Å². The van der Waals surface area contributed by atoms with Crippen LogP contribution in [0, 0.1) is 6.92 Å². The van der Waals surface area contributed by atoms with Crippen molar-refractivity contribution in [2.45, 2.75) is 25.9 Å². The minimum atomic E-state index is -0.888. The smallest absolute Gasteiger partial charge is 0.246 e. The molecule has 2 N–H and O–H groups in total. The summed E-state index contributed by atoms with van der Waals surface area (Å²) in [6, 6.07) is 14.0. The number of nitrogens with zero attached hydrogens (tertiary/aromatic N) is 1. The van der Waals surface area contributed by atoms with Crippen LogP contribution < -0.4 is 15.4 Å². The Hall–Kier alpha value is -3.35. The summed E-state index contributed by atoms with van der Waals surface area (Å²) in [6.07, 6.45) is -0.146. The second-order valence-electron chi connectivity index (χ2n) is 6.76. The molecule has 1 saturated heterocycles. The van der Waals surface area contributed by atoms with Crippen molar-refractivity contribution in [1.82, 2.24) is 10.2 Å². The maximum atomic E-state index is 12.7. The number of hydrogen-bond donors (Lipinski definition) is 2. The molecule has 7 nitrogen and oxygen atoms in total. The monoisotopic (exact) mass is 381 g/mol. The van der Waals surface area contributed by atoms with E-state index in [1.54, 1.807) is 6.07 Å². The van der Waals surface area contributed by atoms with Gasteiger partial charge in [0.25, 0.3) is 0 Å². The van der Waals surface area contributed by atoms with Crippen molar-refractivity contribution in [2.24, 2.45) is 0 Å². The molecular formula is C21H23N3O4. The highest BCUT2D eigenvalue weighted by Crippen LogP contribution is 2.25. The largest absolute Gasteiger partial charge is 0.495 e. The van der Waals surface area contributed by atoms with Crippen LogP contribution in [0.1, 0.15) is 17.5 Å². The van der Waals surface area contributed by atoms with Crippen LogP contribution >= 0.6 is 0 Å². The maximum Gasteiger partial charge on any atom is 0.246 e. The molecule has 0 aliphatic carbocycles. The van der Waals surface area contributed by atoms with Crippen molar-refractivity contribution >= 4 is 23.4 Å². The van der Waals surface area contributed by atoms with Crippen molar-refractivity contribution in [3.05, 3.63) is 59.7 Å². The molecule has 0 radical (unpaired) electrons. The van der Waals surface area contributed by atoms with Gasteiger partial charge >= 0.3 is 0 Å². The number of benzene rings is 2. The third kappa shape index (κ3) is 4.68. The fraction of sp³-hybridized carbons (Fsp3) is 0.286. The number of carbonyl (C=O) groups excluding carboxylic acids is 3. The van der Waals surface area contributed by atoms with Gasteiger partial charge in [0.05, 0.1) is 25.8 Å². The number of nitrogens with one attached hydrogen (secondary N) is 2. The van der Waals surface area contributed by atoms with Crippen LogP contribution in [0.5, 0.6) is 5.75 Å². The van der Waals surface area contributed by atoms with E-state index in [-0.39, 0.29) is 30.7 Å². The Kier molecular flexibility index (Phi) is 5.93. The molecule has 0 aromatic heterocycles. The Morgan fingerprint density at radius 3 is 2.68 bits per heavy atom. The first-order chi connectivity index (χ1) is 13.5. The molecule has 3 amide bonds. The first kappa shape index (κ1) is 19.4. The third-order valence-electron chi connectivity index (χ3n) is 4.52. The summed E-state index contributed by atoms with van der Waals surface area (Å²) in [5.74, 6) is -0.379. The molecule has 1 fully saturated rings. The molecule has 1 aliphatic heterocycles. The van der Waals surface area contributed by atoms with Crippen LogP contribution in [0.15, 0.2) is 48.5 Å². The van der Waals surface area contributed by atoms with Gasteiger partial charge in [0.2, 0.25) is 17.7 Å². The highest BCUT2D eigenvalue weighted by molar-refractivity contribution is 6.00. The number of rotatable bonds is 6. The summed E-state index contributed by atoms with van der Waals surface area (Å²) in [6.45, 7) is 2.24. The molecular weight excluding hydrogens is 358 g/mol. The van der Waals surface area contributed by atoms with E-state index in [0.29, 0.717) is 18.0 Å². The molecule has 3 rings (SSSR count). The number of amides is 3. The van der Waals surface area contributed by atoms with E-state index >= 15 is 0 Å². The number of piperazine rings is 1. The highest BCUT2D eigenvalue weighted by atomic mass is 16.5. The van der Waals surface area contributed by atoms with Gasteiger partial charge in [0.1, 0.15) is 11.8 Å². The van der Waals surface area contributed by atoms with Gasteiger partial charge < -0.3 is 20.3 Å². The lowest BCUT2D eigenvalue weighted by molar-refractivity contribution is -0.145. The fourth-order valence-corrected chi connectivity index (χ4v) is 3.14. The van der Waals surface area contributed by atoms with E-state index in [0.717, 1.165) is 11.1 Å². The van der Waals surface area contributed by atoms with Gasteiger partial charge in [-0.3, -0.25) is 14.4 Å². The maximum absolute atomic E-state index is 12.7. The SMILES string of the molecule is COc1cc(C)ccc1NC(=O)C[C@H]1NC(=O)CN(Cc2ccccc2)C1=O. The van der Waals surface area contributed by atoms with Crippen molar-refractivity contribution in [3.8, 4) is 5.75 Å². The quantitative estimate of drug-likeness (QED) is 0.800. The zero-order valence-electron chi connectivity index (χ0n) is 15.9. The number of methoxy groups -OCH3 is 1. The van der Waals surface area contributed by atoms with Gasteiger partial charge in [0, 0.05) is 6.54 Å². The summed E-state index contributed by atoms with van der Waals surface area (Å²) in [5, 5.41) is 5.36. The standard InChI is InChI=1S/C21H23N3O4/c1-14-8-9-16(18(10-14)28-2)22-19(25)11-17-21(27)24(13-20(26)23-17)12-15-6-4-3-5-7-15/h3-10,17H,11-13H2,1-2H3,(H,22,25)(H,23,26)/t17-/m1/s1. The molecule has 7 heteroatoms. The summed E-state index contributed by atoms with van der Waals surface area (Å²) in [5.41, 5.74) is 2.45. The van der Waals surface area contributed by atoms with Crippen LogP contribution in [0.25, 0.3) is 0 Å². The predicted molar refractivity (Wildman–Crippen MR) is 105 cm³/mol. The Morgan fingerprint density at radius 2 is 1.96 bits per heavy atom. The van der Waals surface area contributed by atoms with E-state index in [2.05, 4.69) is 10.6 Å². The zero-order valence-corrected chi connectivity index (χ0v) is 15.9. The van der Waals surface area contributed by atoms with E-state index in [9.17, 15) is 14.4 Å². The van der Waals surface area contributed by atoms with Crippen molar-refractivity contribution in [2.75, 3.05) is 19.0 Å². The topological polar surface area (TPSA) is 87.7 Å². The summed E-state index contributed by atoms with van der Waals surface area (Å²) >= 11 is 0. The molecule has 0 saturated carbocycles. The van der Waals surface area contributed by atoms with Crippen LogP contribution in [-0.2, 0) is 20.9 Å².